The van der Waals surface area contributed by atoms with Gasteiger partial charge in [-0.25, -0.2) is 19.0 Å². The highest BCUT2D eigenvalue weighted by Gasteiger charge is 2.25. The minimum Gasteiger partial charge on any atom is -0.448 e. The zero-order chi connectivity index (χ0) is 23.1. The van der Waals surface area contributed by atoms with Crippen LogP contribution in [0.15, 0.2) is 66.0 Å². The maximum absolute atomic E-state index is 13.3. The summed E-state index contributed by atoms with van der Waals surface area (Å²) >= 11 is 1.29. The van der Waals surface area contributed by atoms with E-state index in [1.165, 1.54) is 53.7 Å². The zero-order valence-electron chi connectivity index (χ0n) is 17.4. The molecule has 0 aliphatic rings. The van der Waals surface area contributed by atoms with Gasteiger partial charge in [0.2, 0.25) is 0 Å². The van der Waals surface area contributed by atoms with Crippen LogP contribution in [0.4, 0.5) is 9.18 Å². The minimum atomic E-state index is -1.24. The number of halogens is 1. The second kappa shape index (κ2) is 10.6. The Balaban J connectivity index is 1.62. The molecule has 1 aromatic heterocycles. The Kier molecular flexibility index (Phi) is 7.61. The number of thioether (sulfide) groups is 1. The molecular formula is C22H21FN4O4S. The number of carbonyl (C=O) groups excluding carboxylic acids is 3. The Hall–Kier alpha value is -3.66. The van der Waals surface area contributed by atoms with Crippen molar-refractivity contribution in [3.63, 3.8) is 0 Å². The third-order valence-electron chi connectivity index (χ3n) is 4.39. The second-order valence-corrected chi connectivity index (χ2v) is 7.42. The summed E-state index contributed by atoms with van der Waals surface area (Å²) in [7, 11) is 0. The van der Waals surface area contributed by atoms with Gasteiger partial charge in [0.1, 0.15) is 5.82 Å². The molecule has 8 nitrogen and oxygen atoms in total. The highest BCUT2D eigenvalue weighted by Crippen LogP contribution is 2.22. The van der Waals surface area contributed by atoms with Gasteiger partial charge >= 0.3 is 12.0 Å². The van der Waals surface area contributed by atoms with Crippen molar-refractivity contribution in [2.75, 3.05) is 6.26 Å². The summed E-state index contributed by atoms with van der Waals surface area (Å²) in [6.45, 7) is 1.59. The number of nitrogens with zero attached hydrogens (tertiary/aromatic N) is 2. The van der Waals surface area contributed by atoms with Gasteiger partial charge in [0, 0.05) is 12.2 Å². The predicted octanol–water partition coefficient (Wildman–Crippen LogP) is 3.30. The molecule has 1 unspecified atom stereocenters. The number of aromatic nitrogens is 2. The molecule has 10 heteroatoms. The Morgan fingerprint density at radius 3 is 2.47 bits per heavy atom. The number of imidazole rings is 1. The monoisotopic (exact) mass is 456 g/mol. The number of rotatable bonds is 7. The smallest absolute Gasteiger partial charge is 0.357 e. The van der Waals surface area contributed by atoms with Crippen molar-refractivity contribution in [2.24, 2.45) is 0 Å². The van der Waals surface area contributed by atoms with Crippen molar-refractivity contribution in [3.8, 4) is 5.69 Å². The van der Waals surface area contributed by atoms with Crippen molar-refractivity contribution >= 4 is 29.7 Å². The Morgan fingerprint density at radius 2 is 1.81 bits per heavy atom. The third-order valence-corrected chi connectivity index (χ3v) is 5.04. The highest BCUT2D eigenvalue weighted by atomic mass is 32.2. The zero-order valence-corrected chi connectivity index (χ0v) is 18.2. The van der Waals surface area contributed by atoms with Crippen molar-refractivity contribution in [1.82, 2.24) is 20.2 Å². The summed E-state index contributed by atoms with van der Waals surface area (Å²) in [4.78, 5) is 41.1. The third kappa shape index (κ3) is 5.73. The van der Waals surface area contributed by atoms with Crippen LogP contribution in [0.1, 0.15) is 23.0 Å². The number of amides is 3. The summed E-state index contributed by atoms with van der Waals surface area (Å²) in [6, 6.07) is 14.0. The average Bonchev–Trinajstić information content (AvgIpc) is 3.23. The second-order valence-electron chi connectivity index (χ2n) is 6.65. The molecule has 1 heterocycles. The fourth-order valence-corrected chi connectivity index (χ4v) is 3.32. The first kappa shape index (κ1) is 23.0. The van der Waals surface area contributed by atoms with E-state index < -0.39 is 29.8 Å². The molecule has 2 aromatic carbocycles. The van der Waals surface area contributed by atoms with E-state index in [9.17, 15) is 18.8 Å². The SMILES string of the molecule is CSc1ncc(C(=O)OC(C)C(=O)NC(=O)NCc2ccccc2)n1-c1ccc(F)cc1. The van der Waals surface area contributed by atoms with E-state index in [1.54, 1.807) is 6.26 Å². The summed E-state index contributed by atoms with van der Waals surface area (Å²) in [5, 5.41) is 5.19. The van der Waals surface area contributed by atoms with E-state index in [4.69, 9.17) is 4.74 Å². The Bertz CT molecular complexity index is 1100. The van der Waals surface area contributed by atoms with Crippen LogP contribution in [-0.2, 0) is 16.1 Å². The normalized spacial score (nSPS) is 11.5. The lowest BCUT2D eigenvalue weighted by atomic mass is 10.2. The number of esters is 1. The molecule has 3 aromatic rings. The van der Waals surface area contributed by atoms with Gasteiger partial charge in [0.05, 0.1) is 6.20 Å². The van der Waals surface area contributed by atoms with Crippen LogP contribution in [0, 0.1) is 5.82 Å². The minimum absolute atomic E-state index is 0.0640. The summed E-state index contributed by atoms with van der Waals surface area (Å²) < 4.78 is 20.0. The largest absolute Gasteiger partial charge is 0.448 e. The number of imide groups is 1. The topological polar surface area (TPSA) is 102 Å². The molecule has 1 atom stereocenters. The average molecular weight is 456 g/mol. The van der Waals surface area contributed by atoms with E-state index in [1.807, 2.05) is 30.3 Å². The van der Waals surface area contributed by atoms with E-state index in [-0.39, 0.29) is 12.2 Å². The van der Waals surface area contributed by atoms with Crippen molar-refractivity contribution < 1.29 is 23.5 Å². The maximum Gasteiger partial charge on any atom is 0.357 e. The molecule has 2 N–H and O–H groups in total. The van der Waals surface area contributed by atoms with Gasteiger partial charge in [0.25, 0.3) is 5.91 Å². The molecule has 3 amide bonds. The fourth-order valence-electron chi connectivity index (χ4n) is 2.77. The van der Waals surface area contributed by atoms with Crippen LogP contribution in [0.3, 0.4) is 0 Å². The van der Waals surface area contributed by atoms with Gasteiger partial charge in [-0.15, -0.1) is 0 Å². The Morgan fingerprint density at radius 1 is 1.12 bits per heavy atom. The molecule has 3 rings (SSSR count). The van der Waals surface area contributed by atoms with Gasteiger partial charge in [-0.05, 0) is 43.0 Å². The van der Waals surface area contributed by atoms with Crippen molar-refractivity contribution in [1.29, 1.82) is 0 Å². The van der Waals surface area contributed by atoms with Gasteiger partial charge < -0.3 is 10.1 Å². The standard InChI is InChI=1S/C22H21FN4O4S/c1-14(19(28)26-21(30)24-12-15-6-4-3-5-7-15)31-20(29)18-13-25-22(32-2)27(18)17-10-8-16(23)9-11-17/h3-11,13-14H,12H2,1-2H3,(H2,24,26,28,30). The molecular weight excluding hydrogens is 435 g/mol. The molecule has 0 bridgehead atoms. The van der Waals surface area contributed by atoms with Gasteiger partial charge in [-0.3, -0.25) is 14.7 Å². The van der Waals surface area contributed by atoms with Crippen LogP contribution in [0.5, 0.6) is 0 Å². The lowest BCUT2D eigenvalue weighted by molar-refractivity contribution is -0.127. The van der Waals surface area contributed by atoms with Crippen LogP contribution < -0.4 is 10.6 Å². The van der Waals surface area contributed by atoms with Gasteiger partial charge in [0.15, 0.2) is 17.0 Å². The molecule has 0 aliphatic heterocycles. The van der Waals surface area contributed by atoms with Crippen LogP contribution in [-0.4, -0.2) is 39.8 Å². The summed E-state index contributed by atoms with van der Waals surface area (Å²) in [6.07, 6.45) is 1.86. The van der Waals surface area contributed by atoms with Gasteiger partial charge in [-0.2, -0.15) is 0 Å². The molecule has 0 spiro atoms. The van der Waals surface area contributed by atoms with E-state index in [2.05, 4.69) is 15.6 Å². The first-order chi connectivity index (χ1) is 15.4. The first-order valence-corrected chi connectivity index (χ1v) is 10.8. The molecule has 32 heavy (non-hydrogen) atoms. The van der Waals surface area contributed by atoms with Crippen LogP contribution in [0.25, 0.3) is 5.69 Å². The lowest BCUT2D eigenvalue weighted by Crippen LogP contribution is -2.44. The van der Waals surface area contributed by atoms with E-state index in [0.29, 0.717) is 10.8 Å². The highest BCUT2D eigenvalue weighted by molar-refractivity contribution is 7.98. The summed E-state index contributed by atoms with van der Waals surface area (Å²) in [5.74, 6) is -2.00. The molecule has 0 radical (unpaired) electrons. The molecule has 166 valence electrons. The number of urea groups is 1. The van der Waals surface area contributed by atoms with Crippen LogP contribution in [0.2, 0.25) is 0 Å². The maximum atomic E-state index is 13.3. The number of ether oxygens (including phenoxy) is 1. The molecule has 0 fully saturated rings. The number of carbonyl (C=O) groups is 3. The molecule has 0 saturated carbocycles. The van der Waals surface area contributed by atoms with E-state index >= 15 is 0 Å². The Labute approximate surface area is 188 Å². The van der Waals surface area contributed by atoms with Gasteiger partial charge in [-0.1, -0.05) is 42.1 Å². The lowest BCUT2D eigenvalue weighted by Gasteiger charge is -2.15. The number of nitrogens with one attached hydrogen (secondary N) is 2. The number of hydrogen-bond acceptors (Lipinski definition) is 6. The molecule has 0 saturated heterocycles. The summed E-state index contributed by atoms with van der Waals surface area (Å²) in [5.41, 5.74) is 1.44. The quantitative estimate of drug-likeness (QED) is 0.418. The van der Waals surface area contributed by atoms with Crippen molar-refractivity contribution in [2.45, 2.75) is 24.7 Å². The molecule has 0 aliphatic carbocycles. The number of hydrogen-bond donors (Lipinski definition) is 2. The van der Waals surface area contributed by atoms with Crippen molar-refractivity contribution in [3.05, 3.63) is 77.9 Å². The fraction of sp³-hybridized carbons (Fsp3) is 0.182. The predicted molar refractivity (Wildman–Crippen MR) is 117 cm³/mol. The van der Waals surface area contributed by atoms with E-state index in [0.717, 1.165) is 5.56 Å². The van der Waals surface area contributed by atoms with Crippen LogP contribution >= 0.6 is 11.8 Å². The number of benzene rings is 2. The first-order valence-electron chi connectivity index (χ1n) is 9.60.